The quantitative estimate of drug-likeness (QED) is 0.487. The molecule has 9 heteroatoms. The van der Waals surface area contributed by atoms with Crippen molar-refractivity contribution in [2.45, 2.75) is 19.4 Å². The van der Waals surface area contributed by atoms with Crippen LogP contribution in [-0.2, 0) is 15.0 Å². The Morgan fingerprint density at radius 1 is 1.36 bits per heavy atom. The third-order valence-corrected chi connectivity index (χ3v) is 5.29. The number of nitrogens with zero attached hydrogens (tertiary/aromatic N) is 1. The maximum Gasteiger partial charge on any atom is 1.00 e. The van der Waals surface area contributed by atoms with Crippen molar-refractivity contribution in [3.05, 3.63) is 30.3 Å². The summed E-state index contributed by atoms with van der Waals surface area (Å²) >= 11 is 0. The molecular formula is C16H19KN2O5S. The average Bonchev–Trinajstić information content (AvgIpc) is 2.87. The molecule has 1 aliphatic heterocycles. The van der Waals surface area contributed by atoms with E-state index in [1.165, 1.54) is 6.07 Å². The molecule has 0 bridgehead atoms. The molecular weight excluding hydrogens is 371 g/mol. The first-order chi connectivity index (χ1) is 11.4. The molecule has 2 N–H and O–H groups in total. The van der Waals surface area contributed by atoms with Crippen molar-refractivity contribution in [1.29, 1.82) is 0 Å². The van der Waals surface area contributed by atoms with E-state index in [0.29, 0.717) is 18.6 Å². The van der Waals surface area contributed by atoms with Gasteiger partial charge >= 0.3 is 61.6 Å². The van der Waals surface area contributed by atoms with Gasteiger partial charge in [0.15, 0.2) is 0 Å². The monoisotopic (exact) mass is 390 g/mol. The fraction of sp³-hybridized carbons (Fsp3) is 0.312. The van der Waals surface area contributed by atoms with Gasteiger partial charge in [-0.3, -0.25) is 4.31 Å². The second kappa shape index (κ2) is 8.34. The number of ether oxygens (including phenoxy) is 1. The van der Waals surface area contributed by atoms with Gasteiger partial charge in [-0.15, -0.1) is 0 Å². The number of phenolic OH excluding ortho intramolecular Hbond substituents is 1. The topological polar surface area (TPSA) is 95.9 Å². The zero-order valence-electron chi connectivity index (χ0n) is 15.1. The predicted molar refractivity (Wildman–Crippen MR) is 91.8 cm³/mol. The number of carbonyl (C=O) groups excluding carboxylic acids is 1. The van der Waals surface area contributed by atoms with Crippen LogP contribution < -0.4 is 65.1 Å². The van der Waals surface area contributed by atoms with Crippen LogP contribution in [-0.4, -0.2) is 39.0 Å². The Bertz CT molecular complexity index is 894. The van der Waals surface area contributed by atoms with Crippen molar-refractivity contribution in [2.75, 3.05) is 17.5 Å². The van der Waals surface area contributed by atoms with Gasteiger partial charge < -0.3 is 16.1 Å². The number of hydrogen-bond donors (Lipinski definition) is 2. The van der Waals surface area contributed by atoms with Crippen LogP contribution in [0.15, 0.2) is 30.3 Å². The zero-order chi connectivity index (χ0) is 17.3. The van der Waals surface area contributed by atoms with E-state index in [0.717, 1.165) is 21.5 Å². The van der Waals surface area contributed by atoms with Gasteiger partial charge in [0, 0.05) is 0 Å². The molecule has 3 rings (SSSR count). The molecule has 0 spiro atoms. The second-order valence-corrected chi connectivity index (χ2v) is 7.22. The maximum absolute atomic E-state index is 12.1. The van der Waals surface area contributed by atoms with Crippen LogP contribution in [0.3, 0.4) is 0 Å². The molecule has 0 radical (unpaired) electrons. The Hall–Kier alpha value is -0.684. The zero-order valence-corrected chi connectivity index (χ0v) is 18.0. The van der Waals surface area contributed by atoms with Gasteiger partial charge in [-0.2, -0.15) is 13.1 Å². The van der Waals surface area contributed by atoms with E-state index < -0.39 is 16.3 Å². The van der Waals surface area contributed by atoms with Crippen LogP contribution in [0.4, 0.5) is 5.69 Å². The molecule has 2 aromatic carbocycles. The van der Waals surface area contributed by atoms with Crippen molar-refractivity contribution in [3.63, 3.8) is 0 Å². The summed E-state index contributed by atoms with van der Waals surface area (Å²) in [5.74, 6) is 0.510. The first-order valence-electron chi connectivity index (χ1n) is 7.59. The molecule has 1 aliphatic rings. The average molecular weight is 391 g/mol. The molecule has 1 unspecified atom stereocenters. The standard InChI is InChI=1S/C16H18N2O5S.K.H/c1-2-5-23-14-4-3-11-8-16(20)15(7-12(11)6-14)18-9-13(10-19)17-24(18,21)22;;/h3-4,6-8,10,13,17,20H,2,5,9H2,1H3;;/q;+1;-1. The Balaban J connectivity index is 0.00000169. The molecule has 1 atom stereocenters. The first kappa shape index (κ1) is 20.6. The number of nitrogens with one attached hydrogen (secondary N) is 1. The van der Waals surface area contributed by atoms with Gasteiger partial charge in [0.25, 0.3) is 0 Å². The summed E-state index contributed by atoms with van der Waals surface area (Å²) in [6.45, 7) is 2.53. The normalized spacial score (nSPS) is 18.8. The number of hydrogen-bond acceptors (Lipinski definition) is 5. The van der Waals surface area contributed by atoms with Crippen molar-refractivity contribution in [3.8, 4) is 11.5 Å². The third-order valence-electron chi connectivity index (χ3n) is 3.76. The molecule has 130 valence electrons. The molecule has 25 heavy (non-hydrogen) atoms. The fourth-order valence-electron chi connectivity index (χ4n) is 2.63. The predicted octanol–water partition coefficient (Wildman–Crippen LogP) is -1.33. The molecule has 1 fully saturated rings. The molecule has 2 aromatic rings. The summed E-state index contributed by atoms with van der Waals surface area (Å²) in [5, 5.41) is 11.7. The fourth-order valence-corrected chi connectivity index (χ4v) is 4.03. The number of phenols is 1. The van der Waals surface area contributed by atoms with E-state index in [1.54, 1.807) is 24.3 Å². The van der Waals surface area contributed by atoms with Gasteiger partial charge in [0.05, 0.1) is 24.9 Å². The molecule has 0 aromatic heterocycles. The number of aromatic hydroxyl groups is 1. The Kier molecular flexibility index (Phi) is 6.88. The van der Waals surface area contributed by atoms with Crippen LogP contribution in [0.5, 0.6) is 11.5 Å². The van der Waals surface area contributed by atoms with Crippen molar-refractivity contribution in [1.82, 2.24) is 4.72 Å². The van der Waals surface area contributed by atoms with Crippen LogP contribution in [0, 0.1) is 0 Å². The van der Waals surface area contributed by atoms with Gasteiger partial charge in [-0.1, -0.05) is 13.0 Å². The minimum absolute atomic E-state index is 0. The third kappa shape index (κ3) is 4.36. The summed E-state index contributed by atoms with van der Waals surface area (Å²) in [6, 6.07) is 7.64. The number of anilines is 1. The van der Waals surface area contributed by atoms with Crippen molar-refractivity contribution >= 4 is 33.0 Å². The van der Waals surface area contributed by atoms with Crippen LogP contribution in [0.25, 0.3) is 10.8 Å². The summed E-state index contributed by atoms with van der Waals surface area (Å²) < 4.78 is 33.1. The number of rotatable bonds is 5. The minimum Gasteiger partial charge on any atom is -1.00 e. The number of carbonyl (C=O) groups is 1. The SMILES string of the molecule is CCCOc1ccc2cc(O)c(N3CC(C=O)NS3(=O)=O)cc2c1.[H-].[K+]. The molecule has 0 aliphatic carbocycles. The van der Waals surface area contributed by atoms with Gasteiger partial charge in [-0.25, -0.2) is 0 Å². The number of benzene rings is 2. The first-order valence-corrected chi connectivity index (χ1v) is 9.03. The Labute approximate surface area is 190 Å². The van der Waals surface area contributed by atoms with E-state index in [2.05, 4.69) is 4.72 Å². The van der Waals surface area contributed by atoms with E-state index in [4.69, 9.17) is 4.74 Å². The summed E-state index contributed by atoms with van der Waals surface area (Å²) in [6.07, 6.45) is 1.41. The molecule has 7 nitrogen and oxygen atoms in total. The van der Waals surface area contributed by atoms with Crippen LogP contribution >= 0.6 is 0 Å². The summed E-state index contributed by atoms with van der Waals surface area (Å²) in [5.41, 5.74) is 0.131. The largest absolute Gasteiger partial charge is 1.00 e. The molecule has 1 saturated heterocycles. The molecule has 0 saturated carbocycles. The smallest absolute Gasteiger partial charge is 1.00 e. The Morgan fingerprint density at radius 2 is 2.12 bits per heavy atom. The summed E-state index contributed by atoms with van der Waals surface area (Å²) in [7, 11) is -3.86. The minimum atomic E-state index is -3.86. The van der Waals surface area contributed by atoms with E-state index in [9.17, 15) is 18.3 Å². The van der Waals surface area contributed by atoms with Crippen LogP contribution in [0.1, 0.15) is 14.8 Å². The second-order valence-electron chi connectivity index (χ2n) is 5.59. The van der Waals surface area contributed by atoms with Gasteiger partial charge in [-0.05, 0) is 41.5 Å². The van der Waals surface area contributed by atoms with Crippen LogP contribution in [0.2, 0.25) is 0 Å². The number of aldehydes is 1. The molecule has 1 heterocycles. The maximum atomic E-state index is 12.1. The van der Waals surface area contributed by atoms with E-state index in [1.807, 2.05) is 6.92 Å². The van der Waals surface area contributed by atoms with Gasteiger partial charge in [0.1, 0.15) is 17.8 Å². The van der Waals surface area contributed by atoms with E-state index >= 15 is 0 Å². The summed E-state index contributed by atoms with van der Waals surface area (Å²) in [4.78, 5) is 10.9. The van der Waals surface area contributed by atoms with Crippen molar-refractivity contribution in [2.24, 2.45) is 0 Å². The number of fused-ring (bicyclic) bond motifs is 1. The van der Waals surface area contributed by atoms with Crippen molar-refractivity contribution < 1.29 is 75.9 Å². The molecule has 0 amide bonds. The Morgan fingerprint density at radius 3 is 2.76 bits per heavy atom. The van der Waals surface area contributed by atoms with E-state index in [-0.39, 0.29) is 70.8 Å². The van der Waals surface area contributed by atoms with Gasteiger partial charge in [0.2, 0.25) is 0 Å².